The van der Waals surface area contributed by atoms with Gasteiger partial charge in [0.1, 0.15) is 0 Å². The maximum absolute atomic E-state index is 5.48. The zero-order valence-electron chi connectivity index (χ0n) is 8.83. The number of hydrogen-bond donors (Lipinski definition) is 2. The van der Waals surface area contributed by atoms with E-state index in [1.54, 1.807) is 6.33 Å². The Hall–Kier alpha value is -1.13. The van der Waals surface area contributed by atoms with Crippen LogP contribution in [-0.4, -0.2) is 9.55 Å². The van der Waals surface area contributed by atoms with Crippen LogP contribution in [0.25, 0.3) is 0 Å². The molecule has 0 radical (unpaired) electrons. The maximum Gasteiger partial charge on any atom is 0.0947 e. The minimum absolute atomic E-state index is 0.0728. The highest BCUT2D eigenvalue weighted by atomic mass is 15.2. The molecule has 14 heavy (non-hydrogen) atoms. The van der Waals surface area contributed by atoms with E-state index in [0.717, 1.165) is 18.5 Å². The lowest BCUT2D eigenvalue weighted by atomic mass is 10.0. The van der Waals surface area contributed by atoms with Crippen molar-refractivity contribution >= 4 is 0 Å². The Morgan fingerprint density at radius 2 is 2.50 bits per heavy atom. The van der Waals surface area contributed by atoms with Crippen LogP contribution in [0.4, 0.5) is 0 Å². The van der Waals surface area contributed by atoms with Crippen LogP contribution in [0.1, 0.15) is 31.5 Å². The van der Waals surface area contributed by atoms with Gasteiger partial charge in [0.05, 0.1) is 18.1 Å². The first-order chi connectivity index (χ1) is 6.67. The third kappa shape index (κ3) is 2.68. The number of nitrogens with one attached hydrogen (secondary N) is 1. The van der Waals surface area contributed by atoms with Gasteiger partial charge < -0.3 is 4.57 Å². The number of aryl methyl sites for hydroxylation is 1. The van der Waals surface area contributed by atoms with E-state index >= 15 is 0 Å². The SMILES string of the molecule is C=C(CC)CC(NN)c1cn(C)cn1. The van der Waals surface area contributed by atoms with Gasteiger partial charge in [0.2, 0.25) is 0 Å². The monoisotopic (exact) mass is 194 g/mol. The number of aromatic nitrogens is 2. The van der Waals surface area contributed by atoms with Crippen LogP contribution in [0.5, 0.6) is 0 Å². The van der Waals surface area contributed by atoms with E-state index in [0.29, 0.717) is 0 Å². The molecule has 1 atom stereocenters. The van der Waals surface area contributed by atoms with Crippen molar-refractivity contribution in [3.8, 4) is 0 Å². The second kappa shape index (κ2) is 4.93. The molecule has 0 aromatic carbocycles. The molecule has 0 saturated heterocycles. The Labute approximate surface area is 84.8 Å². The normalized spacial score (nSPS) is 12.8. The summed E-state index contributed by atoms with van der Waals surface area (Å²) in [6.45, 7) is 6.05. The summed E-state index contributed by atoms with van der Waals surface area (Å²) in [4.78, 5) is 4.25. The van der Waals surface area contributed by atoms with Gasteiger partial charge in [-0.15, -0.1) is 0 Å². The molecule has 4 nitrogen and oxygen atoms in total. The Morgan fingerprint density at radius 3 is 2.93 bits per heavy atom. The van der Waals surface area contributed by atoms with Crippen molar-refractivity contribution in [2.75, 3.05) is 0 Å². The van der Waals surface area contributed by atoms with Crippen molar-refractivity contribution in [1.29, 1.82) is 0 Å². The second-order valence-corrected chi connectivity index (χ2v) is 3.49. The standard InChI is InChI=1S/C10H18N4/c1-4-8(2)5-9(13-11)10-6-14(3)7-12-10/h6-7,9,13H,2,4-5,11H2,1,3H3. The Bertz CT molecular complexity index is 303. The first kappa shape index (κ1) is 10.9. The summed E-state index contributed by atoms with van der Waals surface area (Å²) >= 11 is 0. The van der Waals surface area contributed by atoms with Gasteiger partial charge in [0.15, 0.2) is 0 Å². The zero-order valence-corrected chi connectivity index (χ0v) is 8.83. The van der Waals surface area contributed by atoms with Crippen molar-refractivity contribution in [2.45, 2.75) is 25.8 Å². The molecule has 0 aliphatic rings. The molecule has 4 heteroatoms. The molecule has 0 amide bonds. The number of nitrogens with two attached hydrogens (primary N) is 1. The Balaban J connectivity index is 2.67. The smallest absolute Gasteiger partial charge is 0.0947 e. The fourth-order valence-corrected chi connectivity index (χ4v) is 1.29. The van der Waals surface area contributed by atoms with Gasteiger partial charge in [-0.3, -0.25) is 11.3 Å². The molecule has 1 aromatic rings. The topological polar surface area (TPSA) is 55.9 Å². The second-order valence-electron chi connectivity index (χ2n) is 3.49. The molecular formula is C10H18N4. The summed E-state index contributed by atoms with van der Waals surface area (Å²) in [5.74, 6) is 5.48. The quantitative estimate of drug-likeness (QED) is 0.422. The van der Waals surface area contributed by atoms with Crippen LogP contribution in [0.15, 0.2) is 24.7 Å². The van der Waals surface area contributed by atoms with E-state index in [2.05, 4.69) is 23.9 Å². The highest BCUT2D eigenvalue weighted by Crippen LogP contribution is 2.18. The molecule has 1 rings (SSSR count). The van der Waals surface area contributed by atoms with Gasteiger partial charge in [-0.05, 0) is 12.8 Å². The van der Waals surface area contributed by atoms with Crippen LogP contribution in [0, 0.1) is 0 Å². The number of nitrogens with zero attached hydrogens (tertiary/aromatic N) is 2. The predicted molar refractivity (Wildman–Crippen MR) is 57.3 cm³/mol. The van der Waals surface area contributed by atoms with Crippen LogP contribution >= 0.6 is 0 Å². The fourth-order valence-electron chi connectivity index (χ4n) is 1.29. The summed E-state index contributed by atoms with van der Waals surface area (Å²) in [5.41, 5.74) is 4.90. The van der Waals surface area contributed by atoms with Crippen molar-refractivity contribution < 1.29 is 0 Å². The molecule has 3 N–H and O–H groups in total. The van der Waals surface area contributed by atoms with E-state index in [-0.39, 0.29) is 6.04 Å². The zero-order chi connectivity index (χ0) is 10.6. The van der Waals surface area contributed by atoms with E-state index < -0.39 is 0 Å². The van der Waals surface area contributed by atoms with Gasteiger partial charge >= 0.3 is 0 Å². The lowest BCUT2D eigenvalue weighted by Gasteiger charge is -2.14. The number of imidazole rings is 1. The largest absolute Gasteiger partial charge is 0.340 e. The molecule has 0 aliphatic heterocycles. The average molecular weight is 194 g/mol. The average Bonchev–Trinajstić information content (AvgIpc) is 2.60. The first-order valence-corrected chi connectivity index (χ1v) is 4.78. The molecule has 78 valence electrons. The fraction of sp³-hybridized carbons (Fsp3) is 0.500. The third-order valence-corrected chi connectivity index (χ3v) is 2.28. The summed E-state index contributed by atoms with van der Waals surface area (Å²) in [6, 6.07) is 0.0728. The minimum Gasteiger partial charge on any atom is -0.340 e. The first-order valence-electron chi connectivity index (χ1n) is 4.78. The summed E-state index contributed by atoms with van der Waals surface area (Å²) in [7, 11) is 1.94. The number of hydrogen-bond acceptors (Lipinski definition) is 3. The highest BCUT2D eigenvalue weighted by Gasteiger charge is 2.12. The van der Waals surface area contributed by atoms with Gasteiger partial charge in [-0.25, -0.2) is 4.98 Å². The van der Waals surface area contributed by atoms with Gasteiger partial charge in [-0.2, -0.15) is 0 Å². The molecule has 0 fully saturated rings. The molecule has 1 heterocycles. The van der Waals surface area contributed by atoms with Gasteiger partial charge in [-0.1, -0.05) is 19.1 Å². The van der Waals surface area contributed by atoms with E-state index in [4.69, 9.17) is 5.84 Å². The van der Waals surface area contributed by atoms with Crippen LogP contribution in [0.3, 0.4) is 0 Å². The van der Waals surface area contributed by atoms with Crippen LogP contribution < -0.4 is 11.3 Å². The lowest BCUT2D eigenvalue weighted by molar-refractivity contribution is 0.533. The molecule has 0 saturated carbocycles. The molecule has 1 aromatic heterocycles. The molecule has 0 bridgehead atoms. The summed E-state index contributed by atoms with van der Waals surface area (Å²) in [6.07, 6.45) is 5.55. The van der Waals surface area contributed by atoms with Gasteiger partial charge in [0.25, 0.3) is 0 Å². The minimum atomic E-state index is 0.0728. The number of rotatable bonds is 5. The number of hydrazine groups is 1. The van der Waals surface area contributed by atoms with Crippen LogP contribution in [0.2, 0.25) is 0 Å². The van der Waals surface area contributed by atoms with E-state index in [1.807, 2.05) is 17.8 Å². The molecular weight excluding hydrogens is 176 g/mol. The maximum atomic E-state index is 5.48. The van der Waals surface area contributed by atoms with Crippen molar-refractivity contribution in [1.82, 2.24) is 15.0 Å². The van der Waals surface area contributed by atoms with Crippen molar-refractivity contribution in [2.24, 2.45) is 12.9 Å². The Kier molecular flexibility index (Phi) is 3.85. The van der Waals surface area contributed by atoms with Crippen molar-refractivity contribution in [3.05, 3.63) is 30.4 Å². The summed E-state index contributed by atoms with van der Waals surface area (Å²) < 4.78 is 1.91. The lowest BCUT2D eigenvalue weighted by Crippen LogP contribution is -2.28. The Morgan fingerprint density at radius 1 is 1.79 bits per heavy atom. The van der Waals surface area contributed by atoms with Crippen molar-refractivity contribution in [3.63, 3.8) is 0 Å². The third-order valence-electron chi connectivity index (χ3n) is 2.28. The van der Waals surface area contributed by atoms with Gasteiger partial charge in [0, 0.05) is 13.2 Å². The van der Waals surface area contributed by atoms with Crippen LogP contribution in [-0.2, 0) is 7.05 Å². The molecule has 0 aliphatic carbocycles. The summed E-state index contributed by atoms with van der Waals surface area (Å²) in [5, 5.41) is 0. The van der Waals surface area contributed by atoms with E-state index in [1.165, 1.54) is 5.57 Å². The molecule has 1 unspecified atom stereocenters. The highest BCUT2D eigenvalue weighted by molar-refractivity contribution is 5.08. The van der Waals surface area contributed by atoms with E-state index in [9.17, 15) is 0 Å². The predicted octanol–water partition coefficient (Wildman–Crippen LogP) is 1.28. The molecule has 0 spiro atoms.